The Hall–Kier alpha value is -1.20. The van der Waals surface area contributed by atoms with E-state index in [1.807, 2.05) is 22.8 Å². The Labute approximate surface area is 89.9 Å². The molecule has 0 atom stereocenters. The van der Waals surface area contributed by atoms with Gasteiger partial charge in [-0.1, -0.05) is 15.9 Å². The lowest BCUT2D eigenvalue weighted by Crippen LogP contribution is -1.99. The topological polar surface area (TPSA) is 56.7 Å². The molecule has 0 saturated carbocycles. The number of hydrogen-bond acceptors (Lipinski definition) is 3. The fourth-order valence-corrected chi connectivity index (χ4v) is 1.62. The van der Waals surface area contributed by atoms with E-state index < -0.39 is 0 Å². The number of aromatic nitrogens is 3. The number of benzene rings is 1. The first-order chi connectivity index (χ1) is 6.81. The van der Waals surface area contributed by atoms with Crippen molar-refractivity contribution in [3.63, 3.8) is 0 Å². The van der Waals surface area contributed by atoms with Crippen molar-refractivity contribution in [1.82, 2.24) is 14.8 Å². The third-order valence-electron chi connectivity index (χ3n) is 1.97. The van der Waals surface area contributed by atoms with Gasteiger partial charge >= 0.3 is 0 Å². The van der Waals surface area contributed by atoms with Gasteiger partial charge in [-0.25, -0.2) is 0 Å². The Morgan fingerprint density at radius 3 is 2.64 bits per heavy atom. The summed E-state index contributed by atoms with van der Waals surface area (Å²) < 4.78 is 2.86. The van der Waals surface area contributed by atoms with Gasteiger partial charge in [0.05, 0.1) is 0 Å². The van der Waals surface area contributed by atoms with E-state index in [-0.39, 0.29) is 0 Å². The van der Waals surface area contributed by atoms with Crippen molar-refractivity contribution in [3.05, 3.63) is 40.9 Å². The van der Waals surface area contributed by atoms with Crippen LogP contribution in [-0.2, 0) is 6.54 Å². The van der Waals surface area contributed by atoms with Crippen LogP contribution in [0.1, 0.15) is 5.56 Å². The van der Waals surface area contributed by atoms with Crippen LogP contribution >= 0.6 is 15.9 Å². The van der Waals surface area contributed by atoms with Gasteiger partial charge < -0.3 is 5.73 Å². The molecule has 4 nitrogen and oxygen atoms in total. The average Bonchev–Trinajstić information content (AvgIpc) is 2.71. The summed E-state index contributed by atoms with van der Waals surface area (Å²) in [4.78, 5) is 0. The molecule has 1 heterocycles. The fourth-order valence-electron chi connectivity index (χ4n) is 1.21. The maximum absolute atomic E-state index is 5.60. The lowest BCUT2D eigenvalue weighted by atomic mass is 10.2. The quantitative estimate of drug-likeness (QED) is 0.882. The summed E-state index contributed by atoms with van der Waals surface area (Å²) in [5.41, 5.74) is 7.68. The van der Waals surface area contributed by atoms with E-state index in [0.717, 1.165) is 15.7 Å². The van der Waals surface area contributed by atoms with E-state index >= 15 is 0 Å². The minimum absolute atomic E-state index is 0.510. The van der Waals surface area contributed by atoms with Crippen molar-refractivity contribution < 1.29 is 0 Å². The maximum Gasteiger partial charge on any atom is 0.123 e. The van der Waals surface area contributed by atoms with Gasteiger partial charge in [-0.15, -0.1) is 10.2 Å². The molecule has 2 rings (SSSR count). The molecule has 0 unspecified atom stereocenters. The molecule has 1 aromatic heterocycles. The average molecular weight is 253 g/mol. The monoisotopic (exact) mass is 252 g/mol. The molecule has 2 aromatic rings. The number of hydrogen-bond donors (Lipinski definition) is 1. The van der Waals surface area contributed by atoms with Crippen molar-refractivity contribution in [1.29, 1.82) is 0 Å². The molecule has 0 amide bonds. The lowest BCUT2D eigenvalue weighted by molar-refractivity contribution is 1.02. The molecule has 0 spiro atoms. The molecule has 72 valence electrons. The predicted octanol–water partition coefficient (Wildman–Crippen LogP) is 1.49. The molecule has 5 heteroatoms. The second kappa shape index (κ2) is 3.89. The van der Waals surface area contributed by atoms with Gasteiger partial charge in [0.25, 0.3) is 0 Å². The smallest absolute Gasteiger partial charge is 0.123 e. The van der Waals surface area contributed by atoms with E-state index in [4.69, 9.17) is 5.73 Å². The lowest BCUT2D eigenvalue weighted by Gasteiger charge is -2.05. The summed E-state index contributed by atoms with van der Waals surface area (Å²) in [5, 5.41) is 7.49. The SMILES string of the molecule is NCc1cc(-n2cnnc2)ccc1Br. The zero-order chi connectivity index (χ0) is 9.97. The molecule has 0 radical (unpaired) electrons. The summed E-state index contributed by atoms with van der Waals surface area (Å²) >= 11 is 3.43. The number of nitrogens with zero attached hydrogens (tertiary/aromatic N) is 3. The van der Waals surface area contributed by atoms with Gasteiger partial charge in [-0.05, 0) is 23.8 Å². The van der Waals surface area contributed by atoms with Crippen molar-refractivity contribution in [2.24, 2.45) is 5.73 Å². The molecule has 14 heavy (non-hydrogen) atoms. The van der Waals surface area contributed by atoms with E-state index in [2.05, 4.69) is 26.1 Å². The number of rotatable bonds is 2. The van der Waals surface area contributed by atoms with Crippen molar-refractivity contribution in [2.45, 2.75) is 6.54 Å². The maximum atomic E-state index is 5.60. The summed E-state index contributed by atoms with van der Waals surface area (Å²) in [6.45, 7) is 0.510. The number of nitrogens with two attached hydrogens (primary N) is 1. The van der Waals surface area contributed by atoms with E-state index in [1.54, 1.807) is 12.7 Å². The first-order valence-electron chi connectivity index (χ1n) is 4.15. The van der Waals surface area contributed by atoms with Crippen LogP contribution in [0.15, 0.2) is 35.3 Å². The predicted molar refractivity (Wildman–Crippen MR) is 57.0 cm³/mol. The highest BCUT2D eigenvalue weighted by atomic mass is 79.9. The van der Waals surface area contributed by atoms with Gasteiger partial charge in [0.1, 0.15) is 12.7 Å². The fraction of sp³-hybridized carbons (Fsp3) is 0.111. The van der Waals surface area contributed by atoms with E-state index in [9.17, 15) is 0 Å². The molecule has 0 fully saturated rings. The van der Waals surface area contributed by atoms with Gasteiger partial charge in [-0.2, -0.15) is 0 Å². The second-order valence-electron chi connectivity index (χ2n) is 2.85. The van der Waals surface area contributed by atoms with Crippen molar-refractivity contribution in [2.75, 3.05) is 0 Å². The van der Waals surface area contributed by atoms with E-state index in [0.29, 0.717) is 6.54 Å². The minimum Gasteiger partial charge on any atom is -0.326 e. The highest BCUT2D eigenvalue weighted by Gasteiger charge is 2.01. The molecule has 2 N–H and O–H groups in total. The summed E-state index contributed by atoms with van der Waals surface area (Å²) in [7, 11) is 0. The largest absolute Gasteiger partial charge is 0.326 e. The van der Waals surface area contributed by atoms with Crippen LogP contribution in [0.3, 0.4) is 0 Å². The number of halogens is 1. The van der Waals surface area contributed by atoms with Crippen LogP contribution in [0, 0.1) is 0 Å². The van der Waals surface area contributed by atoms with Crippen molar-refractivity contribution >= 4 is 15.9 Å². The van der Waals surface area contributed by atoms with Crippen LogP contribution in [0.4, 0.5) is 0 Å². The first kappa shape index (κ1) is 9.36. The highest BCUT2D eigenvalue weighted by Crippen LogP contribution is 2.19. The van der Waals surface area contributed by atoms with Crippen LogP contribution in [-0.4, -0.2) is 14.8 Å². The van der Waals surface area contributed by atoms with Gasteiger partial charge in [0, 0.05) is 16.7 Å². The van der Waals surface area contributed by atoms with E-state index in [1.165, 1.54) is 0 Å². The van der Waals surface area contributed by atoms with Crippen LogP contribution < -0.4 is 5.73 Å². The Balaban J connectivity index is 2.46. The normalized spacial score (nSPS) is 10.4. The second-order valence-corrected chi connectivity index (χ2v) is 3.70. The molecule has 1 aromatic carbocycles. The molecule has 0 aliphatic heterocycles. The summed E-state index contributed by atoms with van der Waals surface area (Å²) in [6.07, 6.45) is 3.31. The summed E-state index contributed by atoms with van der Waals surface area (Å²) in [6, 6.07) is 5.96. The zero-order valence-electron chi connectivity index (χ0n) is 7.39. The van der Waals surface area contributed by atoms with Crippen LogP contribution in [0.2, 0.25) is 0 Å². The Kier molecular flexibility index (Phi) is 2.60. The van der Waals surface area contributed by atoms with Gasteiger partial charge in [0.15, 0.2) is 0 Å². The molecule has 0 saturated heterocycles. The van der Waals surface area contributed by atoms with Gasteiger partial charge in [0.2, 0.25) is 0 Å². The molecular formula is C9H9BrN4. The first-order valence-corrected chi connectivity index (χ1v) is 4.94. The molecular weight excluding hydrogens is 244 g/mol. The molecule has 0 aliphatic rings. The Bertz CT molecular complexity index is 424. The molecule has 0 aliphatic carbocycles. The third-order valence-corrected chi connectivity index (χ3v) is 2.74. The Morgan fingerprint density at radius 1 is 1.29 bits per heavy atom. The minimum atomic E-state index is 0.510. The Morgan fingerprint density at radius 2 is 2.00 bits per heavy atom. The third kappa shape index (κ3) is 1.69. The zero-order valence-corrected chi connectivity index (χ0v) is 8.98. The van der Waals surface area contributed by atoms with Gasteiger partial charge in [-0.3, -0.25) is 4.57 Å². The standard InChI is InChI=1S/C9H9BrN4/c10-9-2-1-8(3-7(9)4-11)14-5-12-13-6-14/h1-3,5-6H,4,11H2. The molecule has 0 bridgehead atoms. The highest BCUT2D eigenvalue weighted by molar-refractivity contribution is 9.10. The summed E-state index contributed by atoms with van der Waals surface area (Å²) in [5.74, 6) is 0. The van der Waals surface area contributed by atoms with Crippen LogP contribution in [0.5, 0.6) is 0 Å². The van der Waals surface area contributed by atoms with Crippen molar-refractivity contribution in [3.8, 4) is 5.69 Å². The van der Waals surface area contributed by atoms with Crippen LogP contribution in [0.25, 0.3) is 5.69 Å².